The highest BCUT2D eigenvalue weighted by molar-refractivity contribution is 5.75. The van der Waals surface area contributed by atoms with E-state index in [1.165, 1.54) is 4.80 Å². The smallest absolute Gasteiger partial charge is 0.243 e. The van der Waals surface area contributed by atoms with Crippen LogP contribution in [0.5, 0.6) is 5.75 Å². The molecule has 0 fully saturated rings. The topological polar surface area (TPSA) is 94.8 Å². The van der Waals surface area contributed by atoms with Crippen molar-refractivity contribution < 1.29 is 9.53 Å². The molecule has 1 amide bonds. The van der Waals surface area contributed by atoms with Gasteiger partial charge < -0.3 is 10.1 Å². The second kappa shape index (κ2) is 7.32. The van der Waals surface area contributed by atoms with Gasteiger partial charge in [0.2, 0.25) is 11.7 Å². The number of pyridine rings is 1. The molecule has 2 heterocycles. The largest absolute Gasteiger partial charge is 0.497 e. The van der Waals surface area contributed by atoms with Crippen LogP contribution < -0.4 is 10.1 Å². The summed E-state index contributed by atoms with van der Waals surface area (Å²) >= 11 is 0. The molecule has 1 N–H and O–H groups in total. The van der Waals surface area contributed by atoms with Gasteiger partial charge in [-0.15, -0.1) is 10.2 Å². The lowest BCUT2D eigenvalue weighted by Crippen LogP contribution is -2.28. The fourth-order valence-electron chi connectivity index (χ4n) is 2.05. The normalized spacial score (nSPS) is 10.4. The molecule has 0 atom stereocenters. The van der Waals surface area contributed by atoms with E-state index in [9.17, 15) is 4.79 Å². The molecular weight excluding hydrogens is 308 g/mol. The number of tetrazole rings is 1. The van der Waals surface area contributed by atoms with Crippen molar-refractivity contribution >= 4 is 5.91 Å². The summed E-state index contributed by atoms with van der Waals surface area (Å²) in [7, 11) is 1.61. The fourth-order valence-corrected chi connectivity index (χ4v) is 2.05. The van der Waals surface area contributed by atoms with Crippen molar-refractivity contribution in [1.29, 1.82) is 0 Å². The second-order valence-electron chi connectivity index (χ2n) is 5.01. The van der Waals surface area contributed by atoms with Crippen molar-refractivity contribution in [3.05, 3.63) is 54.4 Å². The number of hydrogen-bond donors (Lipinski definition) is 1. The highest BCUT2D eigenvalue weighted by Crippen LogP contribution is 2.11. The minimum atomic E-state index is -0.194. The maximum Gasteiger partial charge on any atom is 0.243 e. The van der Waals surface area contributed by atoms with Crippen LogP contribution in [0.25, 0.3) is 11.4 Å². The first-order valence-corrected chi connectivity index (χ1v) is 7.32. The van der Waals surface area contributed by atoms with E-state index in [0.29, 0.717) is 12.4 Å². The van der Waals surface area contributed by atoms with Crippen molar-refractivity contribution in [3.8, 4) is 17.1 Å². The van der Waals surface area contributed by atoms with E-state index in [0.717, 1.165) is 16.9 Å². The zero-order chi connectivity index (χ0) is 16.8. The molecule has 122 valence electrons. The first kappa shape index (κ1) is 15.6. The molecule has 0 aliphatic carbocycles. The summed E-state index contributed by atoms with van der Waals surface area (Å²) in [6.45, 7) is 0.427. The predicted octanol–water partition coefficient (Wildman–Crippen LogP) is 1.06. The van der Waals surface area contributed by atoms with Crippen molar-refractivity contribution in [2.24, 2.45) is 0 Å². The minimum Gasteiger partial charge on any atom is -0.497 e. The molecule has 3 aromatic rings. The van der Waals surface area contributed by atoms with Crippen molar-refractivity contribution in [2.45, 2.75) is 13.1 Å². The Morgan fingerprint density at radius 2 is 2.08 bits per heavy atom. The maximum atomic E-state index is 12.0. The minimum absolute atomic E-state index is 0.00339. The van der Waals surface area contributed by atoms with Crippen molar-refractivity contribution in [2.75, 3.05) is 7.11 Å². The molecule has 3 rings (SSSR count). The Bertz CT molecular complexity index is 801. The Morgan fingerprint density at radius 1 is 1.25 bits per heavy atom. The van der Waals surface area contributed by atoms with E-state index in [2.05, 4.69) is 25.7 Å². The van der Waals surface area contributed by atoms with Crippen LogP contribution in [0.1, 0.15) is 5.56 Å². The number of benzene rings is 1. The van der Waals surface area contributed by atoms with E-state index in [1.54, 1.807) is 25.6 Å². The summed E-state index contributed by atoms with van der Waals surface area (Å²) in [6.07, 6.45) is 3.31. The third kappa shape index (κ3) is 3.92. The zero-order valence-corrected chi connectivity index (χ0v) is 13.1. The van der Waals surface area contributed by atoms with Gasteiger partial charge in [0.1, 0.15) is 12.3 Å². The monoisotopic (exact) mass is 324 g/mol. The lowest BCUT2D eigenvalue weighted by molar-refractivity contribution is -0.122. The van der Waals surface area contributed by atoms with Crippen LogP contribution >= 0.6 is 0 Å². The summed E-state index contributed by atoms with van der Waals surface area (Å²) in [6, 6.07) is 11.1. The SMILES string of the molecule is COc1ccc(CNC(=O)Cn2nnc(-c3cccnc3)n2)cc1. The number of amides is 1. The molecule has 0 saturated carbocycles. The standard InChI is InChI=1S/C16H16N6O2/c1-24-14-6-4-12(5-7-14)9-18-15(23)11-22-20-16(19-21-22)13-3-2-8-17-10-13/h2-8,10H,9,11H2,1H3,(H,18,23). The van der Waals surface area contributed by atoms with Crippen LogP contribution in [0.2, 0.25) is 0 Å². The first-order valence-electron chi connectivity index (χ1n) is 7.32. The average molecular weight is 324 g/mol. The molecule has 2 aromatic heterocycles. The molecule has 0 saturated heterocycles. The third-order valence-corrected chi connectivity index (χ3v) is 3.31. The van der Waals surface area contributed by atoms with Crippen LogP contribution in [0.15, 0.2) is 48.8 Å². The highest BCUT2D eigenvalue weighted by Gasteiger charge is 2.09. The van der Waals surface area contributed by atoms with Gasteiger partial charge in [-0.3, -0.25) is 9.78 Å². The van der Waals surface area contributed by atoms with Crippen LogP contribution in [0.3, 0.4) is 0 Å². The molecule has 8 heteroatoms. The van der Waals surface area contributed by atoms with Gasteiger partial charge in [0.15, 0.2) is 0 Å². The zero-order valence-electron chi connectivity index (χ0n) is 13.1. The van der Waals surface area contributed by atoms with Crippen LogP contribution in [-0.4, -0.2) is 38.2 Å². The molecule has 0 spiro atoms. The van der Waals surface area contributed by atoms with Gasteiger partial charge in [0.05, 0.1) is 7.11 Å². The molecule has 8 nitrogen and oxygen atoms in total. The molecule has 0 unspecified atom stereocenters. The van der Waals surface area contributed by atoms with E-state index in [1.807, 2.05) is 30.3 Å². The van der Waals surface area contributed by atoms with E-state index in [4.69, 9.17) is 4.74 Å². The van der Waals surface area contributed by atoms with E-state index < -0.39 is 0 Å². The van der Waals surface area contributed by atoms with Gasteiger partial charge >= 0.3 is 0 Å². The van der Waals surface area contributed by atoms with Gasteiger partial charge in [-0.05, 0) is 35.0 Å². The fraction of sp³-hybridized carbons (Fsp3) is 0.188. The second-order valence-corrected chi connectivity index (χ2v) is 5.01. The number of carbonyl (C=O) groups is 1. The lowest BCUT2D eigenvalue weighted by Gasteiger charge is -2.05. The molecule has 24 heavy (non-hydrogen) atoms. The average Bonchev–Trinajstić information content (AvgIpc) is 3.09. The number of aromatic nitrogens is 5. The van der Waals surface area contributed by atoms with Gasteiger partial charge in [-0.25, -0.2) is 0 Å². The summed E-state index contributed by atoms with van der Waals surface area (Å²) in [4.78, 5) is 17.2. The number of ether oxygens (including phenoxy) is 1. The number of nitrogens with one attached hydrogen (secondary N) is 1. The maximum absolute atomic E-state index is 12.0. The lowest BCUT2D eigenvalue weighted by atomic mass is 10.2. The van der Waals surface area contributed by atoms with Crippen LogP contribution in [0.4, 0.5) is 0 Å². The number of rotatable bonds is 6. The Labute approximate surface area is 138 Å². The summed E-state index contributed by atoms with van der Waals surface area (Å²) in [5, 5.41) is 14.8. The number of nitrogens with zero attached hydrogens (tertiary/aromatic N) is 5. The first-order chi connectivity index (χ1) is 11.7. The van der Waals surface area contributed by atoms with Crippen molar-refractivity contribution in [1.82, 2.24) is 30.5 Å². The highest BCUT2D eigenvalue weighted by atomic mass is 16.5. The Kier molecular flexibility index (Phi) is 4.76. The number of methoxy groups -OCH3 is 1. The molecule has 0 radical (unpaired) electrons. The Balaban J connectivity index is 1.54. The molecule has 0 bridgehead atoms. The summed E-state index contributed by atoms with van der Waals surface area (Å²) in [5.74, 6) is 1.02. The molecule has 0 aliphatic heterocycles. The third-order valence-electron chi connectivity index (χ3n) is 3.31. The number of carbonyl (C=O) groups excluding carboxylic acids is 1. The Morgan fingerprint density at radius 3 is 2.79 bits per heavy atom. The van der Waals surface area contributed by atoms with Crippen molar-refractivity contribution in [3.63, 3.8) is 0 Å². The molecule has 1 aromatic carbocycles. The van der Waals surface area contributed by atoms with Gasteiger partial charge in [0, 0.05) is 24.5 Å². The molecular formula is C16H16N6O2. The molecule has 0 aliphatic rings. The van der Waals surface area contributed by atoms with Gasteiger partial charge in [-0.1, -0.05) is 12.1 Å². The number of hydrogen-bond acceptors (Lipinski definition) is 6. The van der Waals surface area contributed by atoms with Crippen LogP contribution in [-0.2, 0) is 17.9 Å². The van der Waals surface area contributed by atoms with Gasteiger partial charge in [-0.2, -0.15) is 4.80 Å². The Hall–Kier alpha value is -3.29. The van der Waals surface area contributed by atoms with E-state index in [-0.39, 0.29) is 12.5 Å². The quantitative estimate of drug-likeness (QED) is 0.728. The van der Waals surface area contributed by atoms with Crippen LogP contribution in [0, 0.1) is 0 Å². The van der Waals surface area contributed by atoms with E-state index >= 15 is 0 Å². The predicted molar refractivity (Wildman–Crippen MR) is 85.9 cm³/mol. The summed E-state index contributed by atoms with van der Waals surface area (Å²) < 4.78 is 5.09. The summed E-state index contributed by atoms with van der Waals surface area (Å²) in [5.41, 5.74) is 1.73. The van der Waals surface area contributed by atoms with Gasteiger partial charge in [0.25, 0.3) is 0 Å².